The maximum atomic E-state index is 11.0. The summed E-state index contributed by atoms with van der Waals surface area (Å²) in [6.45, 7) is 7.80. The smallest absolute Gasteiger partial charge is 0.317 e. The van der Waals surface area contributed by atoms with Crippen LogP contribution in [0.25, 0.3) is 0 Å². The molecule has 2 saturated heterocycles. The van der Waals surface area contributed by atoms with Gasteiger partial charge in [-0.3, -0.25) is 14.6 Å². The third kappa shape index (κ3) is 2.99. The number of carboxylic acids is 1. The quantitative estimate of drug-likeness (QED) is 0.786. The monoisotopic (exact) mass is 240 g/mol. The molecule has 1 N–H and O–H groups in total. The highest BCUT2D eigenvalue weighted by Crippen LogP contribution is 2.31. The van der Waals surface area contributed by atoms with Gasteiger partial charge in [-0.2, -0.15) is 0 Å². The molecule has 4 heteroatoms. The van der Waals surface area contributed by atoms with Crippen LogP contribution in [0.5, 0.6) is 0 Å². The van der Waals surface area contributed by atoms with Gasteiger partial charge in [0, 0.05) is 25.2 Å². The van der Waals surface area contributed by atoms with Crippen molar-refractivity contribution in [2.24, 2.45) is 5.92 Å². The molecule has 0 aromatic rings. The zero-order valence-electron chi connectivity index (χ0n) is 10.9. The van der Waals surface area contributed by atoms with Crippen LogP contribution in [0, 0.1) is 5.92 Å². The molecular weight excluding hydrogens is 216 g/mol. The Labute approximate surface area is 104 Å². The average Bonchev–Trinajstić information content (AvgIpc) is 2.74. The fourth-order valence-corrected chi connectivity index (χ4v) is 3.44. The van der Waals surface area contributed by atoms with E-state index in [1.165, 1.54) is 19.4 Å². The Morgan fingerprint density at radius 3 is 2.82 bits per heavy atom. The van der Waals surface area contributed by atoms with E-state index in [1.807, 2.05) is 0 Å². The van der Waals surface area contributed by atoms with Crippen LogP contribution in [0.15, 0.2) is 0 Å². The predicted molar refractivity (Wildman–Crippen MR) is 67.0 cm³/mol. The van der Waals surface area contributed by atoms with Gasteiger partial charge >= 0.3 is 5.97 Å². The van der Waals surface area contributed by atoms with E-state index in [0.29, 0.717) is 18.0 Å². The Morgan fingerprint density at radius 2 is 2.18 bits per heavy atom. The summed E-state index contributed by atoms with van der Waals surface area (Å²) in [5.41, 5.74) is 0. The lowest BCUT2D eigenvalue weighted by Crippen LogP contribution is -2.46. The molecule has 2 fully saturated rings. The Bertz CT molecular complexity index is 281. The van der Waals surface area contributed by atoms with Crippen molar-refractivity contribution in [3.8, 4) is 0 Å². The molecule has 0 saturated carbocycles. The molecule has 98 valence electrons. The van der Waals surface area contributed by atoms with Gasteiger partial charge in [0.2, 0.25) is 0 Å². The van der Waals surface area contributed by atoms with Crippen LogP contribution in [0.2, 0.25) is 0 Å². The zero-order chi connectivity index (χ0) is 12.4. The van der Waals surface area contributed by atoms with Crippen LogP contribution in [-0.2, 0) is 4.79 Å². The van der Waals surface area contributed by atoms with E-state index in [1.54, 1.807) is 0 Å². The number of carbonyl (C=O) groups is 1. The van der Waals surface area contributed by atoms with E-state index < -0.39 is 5.97 Å². The number of hydrogen-bond acceptors (Lipinski definition) is 3. The second-order valence-electron chi connectivity index (χ2n) is 5.82. The summed E-state index contributed by atoms with van der Waals surface area (Å²) < 4.78 is 0. The molecule has 0 aliphatic carbocycles. The molecule has 2 unspecified atom stereocenters. The lowest BCUT2D eigenvalue weighted by Gasteiger charge is -2.32. The number of carboxylic acid groups (broad SMARTS) is 1. The average molecular weight is 240 g/mol. The molecule has 2 aliphatic heterocycles. The standard InChI is InChI=1S/C13H24N2O2/c1-10(2)8-15(9-13(16)17)12-5-7-14-6-3-4-11(12)14/h10-12H,3-9H2,1-2H3,(H,16,17). The van der Waals surface area contributed by atoms with Crippen LogP contribution in [-0.4, -0.2) is 59.1 Å². The van der Waals surface area contributed by atoms with E-state index >= 15 is 0 Å². The Balaban J connectivity index is 2.01. The van der Waals surface area contributed by atoms with Gasteiger partial charge < -0.3 is 5.11 Å². The molecule has 0 amide bonds. The zero-order valence-corrected chi connectivity index (χ0v) is 10.9. The number of hydrogen-bond donors (Lipinski definition) is 1. The number of aliphatic carboxylic acids is 1. The second kappa shape index (κ2) is 5.36. The summed E-state index contributed by atoms with van der Waals surface area (Å²) in [5.74, 6) is -0.160. The normalized spacial score (nSPS) is 29.2. The molecule has 2 rings (SSSR count). The van der Waals surface area contributed by atoms with Gasteiger partial charge in [0.25, 0.3) is 0 Å². The minimum Gasteiger partial charge on any atom is -0.480 e. The summed E-state index contributed by atoms with van der Waals surface area (Å²) in [6.07, 6.45) is 3.67. The highest BCUT2D eigenvalue weighted by Gasteiger charge is 2.40. The van der Waals surface area contributed by atoms with Crippen molar-refractivity contribution < 1.29 is 9.90 Å². The third-order valence-corrected chi connectivity index (χ3v) is 3.98. The van der Waals surface area contributed by atoms with Gasteiger partial charge in [0.15, 0.2) is 0 Å². The lowest BCUT2D eigenvalue weighted by molar-refractivity contribution is -0.139. The molecule has 2 atom stereocenters. The highest BCUT2D eigenvalue weighted by molar-refractivity contribution is 5.69. The summed E-state index contributed by atoms with van der Waals surface area (Å²) >= 11 is 0. The maximum absolute atomic E-state index is 11.0. The highest BCUT2D eigenvalue weighted by atomic mass is 16.4. The molecule has 0 spiro atoms. The van der Waals surface area contributed by atoms with Crippen LogP contribution in [0.4, 0.5) is 0 Å². The number of fused-ring (bicyclic) bond motifs is 1. The third-order valence-electron chi connectivity index (χ3n) is 3.98. The minimum absolute atomic E-state index is 0.202. The Kier molecular flexibility index (Phi) is 4.05. The SMILES string of the molecule is CC(C)CN(CC(=O)O)C1CCN2CCCC12. The Hall–Kier alpha value is -0.610. The second-order valence-corrected chi connectivity index (χ2v) is 5.82. The van der Waals surface area contributed by atoms with E-state index in [-0.39, 0.29) is 6.54 Å². The Morgan fingerprint density at radius 1 is 1.41 bits per heavy atom. The first-order valence-corrected chi connectivity index (χ1v) is 6.78. The van der Waals surface area contributed by atoms with Crippen molar-refractivity contribution in [2.45, 2.75) is 45.2 Å². The molecule has 2 heterocycles. The summed E-state index contributed by atoms with van der Waals surface area (Å²) in [4.78, 5) is 15.7. The van der Waals surface area contributed by atoms with Crippen molar-refractivity contribution in [2.75, 3.05) is 26.2 Å². The van der Waals surface area contributed by atoms with Crippen LogP contribution < -0.4 is 0 Å². The number of rotatable bonds is 5. The van der Waals surface area contributed by atoms with Gasteiger partial charge in [0.05, 0.1) is 6.54 Å². The maximum Gasteiger partial charge on any atom is 0.317 e. The topological polar surface area (TPSA) is 43.8 Å². The molecule has 4 nitrogen and oxygen atoms in total. The predicted octanol–water partition coefficient (Wildman–Crippen LogP) is 1.27. The van der Waals surface area contributed by atoms with Gasteiger partial charge in [-0.05, 0) is 31.7 Å². The minimum atomic E-state index is -0.693. The first kappa shape index (κ1) is 12.8. The largest absolute Gasteiger partial charge is 0.480 e. The van der Waals surface area contributed by atoms with E-state index in [2.05, 4.69) is 23.6 Å². The van der Waals surface area contributed by atoms with Gasteiger partial charge in [-0.15, -0.1) is 0 Å². The molecule has 2 aliphatic rings. The van der Waals surface area contributed by atoms with Crippen molar-refractivity contribution in [1.82, 2.24) is 9.80 Å². The first-order chi connectivity index (χ1) is 8.08. The number of nitrogens with zero attached hydrogens (tertiary/aromatic N) is 2. The molecule has 0 aromatic heterocycles. The molecular formula is C13H24N2O2. The summed E-state index contributed by atoms with van der Waals surface area (Å²) in [6, 6.07) is 1.09. The van der Waals surface area contributed by atoms with Gasteiger partial charge in [0.1, 0.15) is 0 Å². The lowest BCUT2D eigenvalue weighted by atomic mass is 10.0. The van der Waals surface area contributed by atoms with Crippen molar-refractivity contribution in [3.63, 3.8) is 0 Å². The van der Waals surface area contributed by atoms with Crippen LogP contribution >= 0.6 is 0 Å². The van der Waals surface area contributed by atoms with Crippen LogP contribution in [0.3, 0.4) is 0 Å². The van der Waals surface area contributed by atoms with E-state index in [9.17, 15) is 4.79 Å². The van der Waals surface area contributed by atoms with E-state index in [0.717, 1.165) is 19.5 Å². The van der Waals surface area contributed by atoms with E-state index in [4.69, 9.17) is 5.11 Å². The van der Waals surface area contributed by atoms with Crippen LogP contribution in [0.1, 0.15) is 33.1 Å². The summed E-state index contributed by atoms with van der Waals surface area (Å²) in [5, 5.41) is 9.04. The molecule has 17 heavy (non-hydrogen) atoms. The molecule has 0 radical (unpaired) electrons. The fourth-order valence-electron chi connectivity index (χ4n) is 3.44. The summed E-state index contributed by atoms with van der Waals surface area (Å²) in [7, 11) is 0. The van der Waals surface area contributed by atoms with Crippen molar-refractivity contribution in [3.05, 3.63) is 0 Å². The molecule has 0 bridgehead atoms. The van der Waals surface area contributed by atoms with Gasteiger partial charge in [-0.1, -0.05) is 13.8 Å². The van der Waals surface area contributed by atoms with Gasteiger partial charge in [-0.25, -0.2) is 0 Å². The van der Waals surface area contributed by atoms with Crippen molar-refractivity contribution >= 4 is 5.97 Å². The molecule has 0 aromatic carbocycles. The first-order valence-electron chi connectivity index (χ1n) is 6.78. The fraction of sp³-hybridized carbons (Fsp3) is 0.923. The van der Waals surface area contributed by atoms with Crippen molar-refractivity contribution in [1.29, 1.82) is 0 Å².